The summed E-state index contributed by atoms with van der Waals surface area (Å²) in [5, 5.41) is 45.4. The van der Waals surface area contributed by atoms with E-state index in [9.17, 15) is 29.1 Å². The van der Waals surface area contributed by atoms with Gasteiger partial charge in [0, 0.05) is 25.7 Å². The van der Waals surface area contributed by atoms with Crippen LogP contribution in [0.4, 0.5) is 0 Å². The fourth-order valence-corrected chi connectivity index (χ4v) is 3.15. The molecule has 0 aliphatic heterocycles. The van der Waals surface area contributed by atoms with Crippen molar-refractivity contribution < 1.29 is 49.5 Å². The molecule has 0 aliphatic carbocycles. The van der Waals surface area contributed by atoms with Crippen molar-refractivity contribution in [2.45, 2.75) is 26.3 Å². The van der Waals surface area contributed by atoms with Crippen molar-refractivity contribution in [2.75, 3.05) is 52.4 Å². The summed E-state index contributed by atoms with van der Waals surface area (Å²) in [7, 11) is 0. The van der Waals surface area contributed by atoms with Gasteiger partial charge in [0.05, 0.1) is 32.7 Å². The molecule has 178 valence electrons. The first kappa shape index (κ1) is 28.2. The van der Waals surface area contributed by atoms with Gasteiger partial charge in [0.25, 0.3) is 0 Å². The third-order valence-corrected chi connectivity index (χ3v) is 4.21. The molecule has 0 radical (unpaired) electrons. The van der Waals surface area contributed by atoms with Gasteiger partial charge in [-0.3, -0.25) is 38.7 Å². The number of carboxylic acids is 5. The topological polar surface area (TPSA) is 196 Å². The summed E-state index contributed by atoms with van der Waals surface area (Å²) in [6, 6.07) is -0.598. The van der Waals surface area contributed by atoms with Crippen LogP contribution in [0.1, 0.15) is 20.3 Å². The van der Waals surface area contributed by atoms with E-state index in [-0.39, 0.29) is 25.6 Å². The van der Waals surface area contributed by atoms with Gasteiger partial charge in [-0.25, -0.2) is 0 Å². The molecule has 5 N–H and O–H groups in total. The Balaban J connectivity index is 5.52. The van der Waals surface area contributed by atoms with Gasteiger partial charge < -0.3 is 25.5 Å². The Morgan fingerprint density at radius 2 is 0.968 bits per heavy atom. The van der Waals surface area contributed by atoms with Crippen molar-refractivity contribution in [3.05, 3.63) is 0 Å². The van der Waals surface area contributed by atoms with Crippen LogP contribution in [0.15, 0.2) is 0 Å². The molecule has 13 nitrogen and oxygen atoms in total. The minimum atomic E-state index is -1.24. The molecule has 31 heavy (non-hydrogen) atoms. The summed E-state index contributed by atoms with van der Waals surface area (Å²) in [5.74, 6) is -6.06. The Bertz CT molecular complexity index is 608. The molecule has 0 bridgehead atoms. The molecule has 0 aromatic heterocycles. The number of carbonyl (C=O) groups is 5. The molecule has 1 unspecified atom stereocenters. The molecule has 0 rings (SSSR count). The summed E-state index contributed by atoms with van der Waals surface area (Å²) in [4.78, 5) is 59.4. The highest BCUT2D eigenvalue weighted by atomic mass is 16.4. The monoisotopic (exact) mass is 449 g/mol. The summed E-state index contributed by atoms with van der Waals surface area (Å²) in [6.07, 6.45) is 0.393. The molecule has 0 saturated carbocycles. The van der Waals surface area contributed by atoms with Crippen LogP contribution >= 0.6 is 0 Å². The summed E-state index contributed by atoms with van der Waals surface area (Å²) in [6.45, 7) is 1.01. The lowest BCUT2D eigenvalue weighted by atomic mass is 10.0. The second-order valence-corrected chi connectivity index (χ2v) is 7.60. The Labute approximate surface area is 179 Å². The predicted molar refractivity (Wildman–Crippen MR) is 106 cm³/mol. The van der Waals surface area contributed by atoms with E-state index in [0.29, 0.717) is 6.42 Å². The molecule has 0 amide bonds. The highest BCUT2D eigenvalue weighted by Crippen LogP contribution is 2.14. The lowest BCUT2D eigenvalue weighted by molar-refractivity contribution is -0.144. The van der Waals surface area contributed by atoms with E-state index in [1.165, 1.54) is 9.80 Å². The third kappa shape index (κ3) is 14.8. The first-order chi connectivity index (χ1) is 14.3. The van der Waals surface area contributed by atoms with Gasteiger partial charge in [0.1, 0.15) is 0 Å². The maximum atomic E-state index is 11.3. The molecule has 0 spiro atoms. The zero-order valence-electron chi connectivity index (χ0n) is 17.6. The van der Waals surface area contributed by atoms with Gasteiger partial charge in [-0.05, 0) is 12.3 Å². The van der Waals surface area contributed by atoms with Crippen molar-refractivity contribution in [1.82, 2.24) is 14.7 Å². The van der Waals surface area contributed by atoms with Gasteiger partial charge >= 0.3 is 29.8 Å². The van der Waals surface area contributed by atoms with E-state index >= 15 is 0 Å². The van der Waals surface area contributed by atoms with E-state index in [4.69, 9.17) is 20.4 Å². The number of hydrogen-bond donors (Lipinski definition) is 5. The quantitative estimate of drug-likeness (QED) is 0.166. The van der Waals surface area contributed by atoms with E-state index in [2.05, 4.69) is 0 Å². The van der Waals surface area contributed by atoms with E-state index in [1.807, 2.05) is 13.8 Å². The molecule has 0 saturated heterocycles. The average molecular weight is 449 g/mol. The maximum absolute atomic E-state index is 11.3. The number of hydrogen-bond acceptors (Lipinski definition) is 8. The minimum absolute atomic E-state index is 0.00453. The Morgan fingerprint density at radius 1 is 0.613 bits per heavy atom. The van der Waals surface area contributed by atoms with Crippen LogP contribution < -0.4 is 0 Å². The van der Waals surface area contributed by atoms with Gasteiger partial charge in [-0.1, -0.05) is 13.8 Å². The Morgan fingerprint density at radius 3 is 1.32 bits per heavy atom. The average Bonchev–Trinajstić information content (AvgIpc) is 2.55. The van der Waals surface area contributed by atoms with Crippen LogP contribution in [0, 0.1) is 5.92 Å². The van der Waals surface area contributed by atoms with Crippen molar-refractivity contribution in [3.63, 3.8) is 0 Å². The molecule has 13 heteroatoms. The van der Waals surface area contributed by atoms with E-state index < -0.39 is 68.6 Å². The van der Waals surface area contributed by atoms with Gasteiger partial charge in [0.15, 0.2) is 0 Å². The summed E-state index contributed by atoms with van der Waals surface area (Å²) >= 11 is 0. The number of aliphatic carboxylic acids is 5. The minimum Gasteiger partial charge on any atom is -0.480 e. The van der Waals surface area contributed by atoms with Crippen LogP contribution in [-0.4, -0.2) is 128 Å². The molecule has 1 atom stereocenters. The van der Waals surface area contributed by atoms with Gasteiger partial charge in [0.2, 0.25) is 0 Å². The Kier molecular flexibility index (Phi) is 13.0. The smallest absolute Gasteiger partial charge is 0.317 e. The lowest BCUT2D eigenvalue weighted by Gasteiger charge is -2.35. The first-order valence-corrected chi connectivity index (χ1v) is 9.57. The van der Waals surface area contributed by atoms with Crippen molar-refractivity contribution >= 4 is 29.8 Å². The third-order valence-electron chi connectivity index (χ3n) is 4.21. The van der Waals surface area contributed by atoms with Crippen LogP contribution in [0.25, 0.3) is 0 Å². The lowest BCUT2D eigenvalue weighted by Crippen LogP contribution is -2.51. The standard InChI is InChI=1S/C18H31N3O10/c1-12(2)5-13(21(10-17(28)29)11-18(30)31)6-19(7-14(22)23)3-4-20(8-15(24)25)9-16(26)27/h12-13H,3-11H2,1-2H3,(H,22,23)(H,24,25)(H,26,27)(H,28,29)(H,30,31). The molecular weight excluding hydrogens is 418 g/mol. The molecule has 0 aromatic carbocycles. The normalized spacial score (nSPS) is 12.5. The fourth-order valence-electron chi connectivity index (χ4n) is 3.15. The van der Waals surface area contributed by atoms with Crippen LogP contribution in [0.5, 0.6) is 0 Å². The molecule has 0 aliphatic rings. The zero-order chi connectivity index (χ0) is 24.1. The molecule has 0 aromatic rings. The number of rotatable bonds is 18. The SMILES string of the molecule is CC(C)CC(CN(CCN(CC(=O)O)CC(=O)O)CC(=O)O)N(CC(=O)O)CC(=O)O. The molecule has 0 fully saturated rings. The van der Waals surface area contributed by atoms with E-state index in [1.54, 1.807) is 0 Å². The van der Waals surface area contributed by atoms with Crippen molar-refractivity contribution in [3.8, 4) is 0 Å². The molecule has 0 heterocycles. The summed E-state index contributed by atoms with van der Waals surface area (Å²) in [5.41, 5.74) is 0. The second kappa shape index (κ2) is 14.3. The fraction of sp³-hybridized carbons (Fsp3) is 0.722. The highest BCUT2D eigenvalue weighted by Gasteiger charge is 2.27. The van der Waals surface area contributed by atoms with Gasteiger partial charge in [-0.2, -0.15) is 0 Å². The Hall–Kier alpha value is -2.77. The highest BCUT2D eigenvalue weighted by molar-refractivity contribution is 5.73. The summed E-state index contributed by atoms with van der Waals surface area (Å²) < 4.78 is 0. The number of carboxylic acid groups (broad SMARTS) is 5. The first-order valence-electron chi connectivity index (χ1n) is 9.57. The zero-order valence-corrected chi connectivity index (χ0v) is 17.6. The van der Waals surface area contributed by atoms with Crippen LogP contribution in [-0.2, 0) is 24.0 Å². The van der Waals surface area contributed by atoms with E-state index in [0.717, 1.165) is 4.90 Å². The van der Waals surface area contributed by atoms with Crippen LogP contribution in [0.2, 0.25) is 0 Å². The second-order valence-electron chi connectivity index (χ2n) is 7.60. The van der Waals surface area contributed by atoms with Crippen molar-refractivity contribution in [1.29, 1.82) is 0 Å². The number of nitrogens with zero attached hydrogens (tertiary/aromatic N) is 3. The van der Waals surface area contributed by atoms with Crippen molar-refractivity contribution in [2.24, 2.45) is 5.92 Å². The maximum Gasteiger partial charge on any atom is 0.317 e. The van der Waals surface area contributed by atoms with Crippen LogP contribution in [0.3, 0.4) is 0 Å². The largest absolute Gasteiger partial charge is 0.480 e. The predicted octanol–water partition coefficient (Wildman–Crippen LogP) is -1.27. The van der Waals surface area contributed by atoms with Gasteiger partial charge in [-0.15, -0.1) is 0 Å². The molecular formula is C18H31N3O10.